The van der Waals surface area contributed by atoms with E-state index in [9.17, 15) is 18.3 Å². The highest BCUT2D eigenvalue weighted by Gasteiger charge is 2.20. The zero-order valence-electron chi connectivity index (χ0n) is 12.6. The lowest BCUT2D eigenvalue weighted by Crippen LogP contribution is -2.14. The highest BCUT2D eigenvalue weighted by Crippen LogP contribution is 2.23. The smallest absolute Gasteiger partial charge is 0.339 e. The van der Waals surface area contributed by atoms with Crippen LogP contribution in [0.15, 0.2) is 53.4 Å². The van der Waals surface area contributed by atoms with Crippen molar-refractivity contribution in [3.8, 4) is 5.75 Å². The molecule has 0 radical (unpaired) electrons. The Morgan fingerprint density at radius 1 is 1.13 bits per heavy atom. The number of hydrogen-bond acceptors (Lipinski definition) is 6. The second-order valence-electron chi connectivity index (χ2n) is 4.85. The molecule has 1 unspecified atom stereocenters. The lowest BCUT2D eigenvalue weighted by Gasteiger charge is -2.11. The number of rotatable bonds is 5. The lowest BCUT2D eigenvalue weighted by molar-refractivity contribution is -0.150. The summed E-state index contributed by atoms with van der Waals surface area (Å²) >= 11 is 0. The largest absolute Gasteiger partial charge is 0.467 e. The second-order valence-corrected chi connectivity index (χ2v) is 6.40. The van der Waals surface area contributed by atoms with E-state index < -0.39 is 22.2 Å². The van der Waals surface area contributed by atoms with Gasteiger partial charge in [0.1, 0.15) is 10.6 Å². The molecular formula is C16H16O6S. The second kappa shape index (κ2) is 6.80. The molecule has 0 aliphatic carbocycles. The number of hydrogen-bond donors (Lipinski definition) is 1. The first-order valence-corrected chi connectivity index (χ1v) is 8.11. The number of aryl methyl sites for hydroxylation is 1. The Morgan fingerprint density at radius 2 is 1.78 bits per heavy atom. The molecule has 0 heterocycles. The third-order valence-electron chi connectivity index (χ3n) is 3.11. The number of aliphatic hydroxyl groups excluding tert-OH is 1. The van der Waals surface area contributed by atoms with Crippen LogP contribution in [0.2, 0.25) is 0 Å². The fraction of sp³-hybridized carbons (Fsp3) is 0.188. The Kier molecular flexibility index (Phi) is 5.02. The van der Waals surface area contributed by atoms with Crippen LogP contribution in [0.1, 0.15) is 17.2 Å². The predicted octanol–water partition coefficient (Wildman–Crippen LogP) is 1.97. The molecule has 2 aromatic rings. The van der Waals surface area contributed by atoms with Crippen LogP contribution in [-0.2, 0) is 19.6 Å². The summed E-state index contributed by atoms with van der Waals surface area (Å²) in [4.78, 5) is 11.3. The van der Waals surface area contributed by atoms with Gasteiger partial charge in [-0.15, -0.1) is 0 Å². The van der Waals surface area contributed by atoms with Gasteiger partial charge in [-0.1, -0.05) is 29.8 Å². The standard InChI is InChI=1S/C16H16O6S/c1-11-6-8-14(9-7-11)23(19,20)22-13-5-3-4-12(10-13)15(17)16(18)21-2/h3-10,15,17H,1-2H3. The summed E-state index contributed by atoms with van der Waals surface area (Å²) in [7, 11) is -2.85. The zero-order valence-corrected chi connectivity index (χ0v) is 13.4. The van der Waals surface area contributed by atoms with Gasteiger partial charge in [0.15, 0.2) is 6.10 Å². The van der Waals surface area contributed by atoms with E-state index in [0.29, 0.717) is 0 Å². The molecule has 2 rings (SSSR count). The lowest BCUT2D eigenvalue weighted by atomic mass is 10.1. The first-order chi connectivity index (χ1) is 10.8. The topological polar surface area (TPSA) is 89.9 Å². The third-order valence-corrected chi connectivity index (χ3v) is 4.38. The van der Waals surface area contributed by atoms with Gasteiger partial charge in [0.2, 0.25) is 0 Å². The number of ether oxygens (including phenoxy) is 1. The molecule has 0 saturated carbocycles. The third kappa shape index (κ3) is 4.08. The van der Waals surface area contributed by atoms with E-state index in [-0.39, 0.29) is 16.2 Å². The van der Waals surface area contributed by atoms with E-state index in [1.165, 1.54) is 36.4 Å². The maximum atomic E-state index is 12.2. The van der Waals surface area contributed by atoms with Crippen molar-refractivity contribution in [1.82, 2.24) is 0 Å². The van der Waals surface area contributed by atoms with Crippen molar-refractivity contribution in [2.75, 3.05) is 7.11 Å². The summed E-state index contributed by atoms with van der Waals surface area (Å²) in [6.45, 7) is 1.84. The Balaban J connectivity index is 2.26. The fourth-order valence-corrected chi connectivity index (χ4v) is 2.79. The van der Waals surface area contributed by atoms with Gasteiger partial charge < -0.3 is 14.0 Å². The van der Waals surface area contributed by atoms with Gasteiger partial charge in [-0.25, -0.2) is 4.79 Å². The van der Waals surface area contributed by atoms with Crippen molar-refractivity contribution in [1.29, 1.82) is 0 Å². The molecule has 6 nitrogen and oxygen atoms in total. The molecule has 1 atom stereocenters. The Bertz CT molecular complexity index is 796. The fourth-order valence-electron chi connectivity index (χ4n) is 1.86. The van der Waals surface area contributed by atoms with Crippen LogP contribution in [0.25, 0.3) is 0 Å². The van der Waals surface area contributed by atoms with Crippen LogP contribution < -0.4 is 4.18 Å². The van der Waals surface area contributed by atoms with E-state index >= 15 is 0 Å². The molecule has 0 spiro atoms. The van der Waals surface area contributed by atoms with Gasteiger partial charge in [-0.2, -0.15) is 8.42 Å². The van der Waals surface area contributed by atoms with Crippen molar-refractivity contribution >= 4 is 16.1 Å². The summed E-state index contributed by atoms with van der Waals surface area (Å²) in [5.41, 5.74) is 1.10. The average molecular weight is 336 g/mol. The maximum Gasteiger partial charge on any atom is 0.339 e. The number of methoxy groups -OCH3 is 1. The van der Waals surface area contributed by atoms with Gasteiger partial charge in [0, 0.05) is 0 Å². The molecule has 0 bridgehead atoms. The van der Waals surface area contributed by atoms with Gasteiger partial charge in [-0.3, -0.25) is 0 Å². The van der Waals surface area contributed by atoms with E-state index in [1.807, 2.05) is 6.92 Å². The number of carbonyl (C=O) groups is 1. The molecule has 7 heteroatoms. The molecule has 2 aromatic carbocycles. The van der Waals surface area contributed by atoms with E-state index in [4.69, 9.17) is 4.18 Å². The normalized spacial score (nSPS) is 12.5. The summed E-state index contributed by atoms with van der Waals surface area (Å²) in [5, 5.41) is 9.78. The van der Waals surface area contributed by atoms with Gasteiger partial charge in [0.25, 0.3) is 0 Å². The van der Waals surface area contributed by atoms with Gasteiger partial charge >= 0.3 is 16.1 Å². The molecule has 0 aliphatic rings. The molecule has 0 aliphatic heterocycles. The van der Waals surface area contributed by atoms with E-state index in [1.54, 1.807) is 12.1 Å². The minimum Gasteiger partial charge on any atom is -0.467 e. The Hall–Kier alpha value is -2.38. The molecule has 122 valence electrons. The number of esters is 1. The minimum absolute atomic E-state index is 0.00831. The zero-order chi connectivity index (χ0) is 17.0. The number of carbonyl (C=O) groups excluding carboxylic acids is 1. The summed E-state index contributed by atoms with van der Waals surface area (Å²) < 4.78 is 33.9. The number of benzene rings is 2. The first-order valence-electron chi connectivity index (χ1n) is 6.70. The monoisotopic (exact) mass is 336 g/mol. The van der Waals surface area contributed by atoms with Crippen LogP contribution in [0.5, 0.6) is 5.75 Å². The summed E-state index contributed by atoms with van der Waals surface area (Å²) in [6.07, 6.45) is -1.51. The van der Waals surface area contributed by atoms with Crippen molar-refractivity contribution in [3.05, 3.63) is 59.7 Å². The predicted molar refractivity (Wildman–Crippen MR) is 82.4 cm³/mol. The van der Waals surface area contributed by atoms with Crippen LogP contribution >= 0.6 is 0 Å². The SMILES string of the molecule is COC(=O)C(O)c1cccc(OS(=O)(=O)c2ccc(C)cc2)c1. The van der Waals surface area contributed by atoms with Crippen LogP contribution in [0.3, 0.4) is 0 Å². The van der Waals surface area contributed by atoms with Gasteiger partial charge in [0.05, 0.1) is 7.11 Å². The van der Waals surface area contributed by atoms with Crippen LogP contribution in [0, 0.1) is 6.92 Å². The number of aliphatic hydroxyl groups is 1. The molecule has 0 amide bonds. The molecule has 0 fully saturated rings. The average Bonchev–Trinajstić information content (AvgIpc) is 2.53. The molecular weight excluding hydrogens is 320 g/mol. The van der Waals surface area contributed by atoms with Gasteiger partial charge in [-0.05, 0) is 36.8 Å². The first kappa shape index (κ1) is 17.0. The summed E-state index contributed by atoms with van der Waals surface area (Å²) in [6, 6.07) is 11.8. The molecule has 1 N–H and O–H groups in total. The van der Waals surface area contributed by atoms with Crippen molar-refractivity contribution in [2.24, 2.45) is 0 Å². The highest BCUT2D eigenvalue weighted by atomic mass is 32.2. The van der Waals surface area contributed by atoms with Crippen molar-refractivity contribution in [3.63, 3.8) is 0 Å². The molecule has 0 aromatic heterocycles. The highest BCUT2D eigenvalue weighted by molar-refractivity contribution is 7.87. The Morgan fingerprint density at radius 3 is 2.39 bits per heavy atom. The van der Waals surface area contributed by atoms with Crippen LogP contribution in [0.4, 0.5) is 0 Å². The van der Waals surface area contributed by atoms with E-state index in [0.717, 1.165) is 12.7 Å². The van der Waals surface area contributed by atoms with E-state index in [2.05, 4.69) is 4.74 Å². The van der Waals surface area contributed by atoms with Crippen molar-refractivity contribution < 1.29 is 27.2 Å². The minimum atomic E-state index is -4.00. The quantitative estimate of drug-likeness (QED) is 0.663. The maximum absolute atomic E-state index is 12.2. The Labute approximate surface area is 134 Å². The molecule has 23 heavy (non-hydrogen) atoms. The van der Waals surface area contributed by atoms with Crippen molar-refractivity contribution in [2.45, 2.75) is 17.9 Å². The summed E-state index contributed by atoms with van der Waals surface area (Å²) in [5.74, 6) is -0.852. The van der Waals surface area contributed by atoms with Crippen LogP contribution in [-0.4, -0.2) is 26.6 Å². The molecule has 0 saturated heterocycles.